The molecule has 0 fully saturated rings. The van der Waals surface area contributed by atoms with Crippen molar-refractivity contribution in [2.24, 2.45) is 0 Å². The Kier molecular flexibility index (Phi) is 2.59. The molecule has 1 heterocycles. The van der Waals surface area contributed by atoms with Crippen LogP contribution >= 0.6 is 0 Å². The molecule has 0 radical (unpaired) electrons. The van der Waals surface area contributed by atoms with Gasteiger partial charge >= 0.3 is 5.95 Å². The van der Waals surface area contributed by atoms with E-state index in [1.807, 2.05) is 0 Å². The van der Waals surface area contributed by atoms with Crippen LogP contribution < -0.4 is 0 Å². The number of aromatic nitrogens is 2. The summed E-state index contributed by atoms with van der Waals surface area (Å²) < 4.78 is 1.09. The fourth-order valence-electron chi connectivity index (χ4n) is 0.908. The van der Waals surface area contributed by atoms with Gasteiger partial charge in [-0.05, 0) is 11.8 Å². The molecule has 0 aliphatic heterocycles. The van der Waals surface area contributed by atoms with E-state index >= 15 is 0 Å². The van der Waals surface area contributed by atoms with Gasteiger partial charge in [0, 0.05) is 0 Å². The molecule has 1 atom stereocenters. The van der Waals surface area contributed by atoms with Crippen LogP contribution in [0.2, 0.25) is 0 Å². The van der Waals surface area contributed by atoms with Crippen molar-refractivity contribution in [2.45, 2.75) is 19.3 Å². The van der Waals surface area contributed by atoms with Crippen LogP contribution in [0.4, 0.5) is 5.95 Å². The Hall–Kier alpha value is -1.47. The van der Waals surface area contributed by atoms with E-state index in [2.05, 4.69) is 4.98 Å². The van der Waals surface area contributed by atoms with Crippen molar-refractivity contribution in [3.05, 3.63) is 22.5 Å². The van der Waals surface area contributed by atoms with Gasteiger partial charge in [-0.15, -0.1) is 0 Å². The predicted molar refractivity (Wildman–Crippen MR) is 41.8 cm³/mol. The molecule has 72 valence electrons. The molecule has 1 aromatic rings. The molecule has 0 aromatic carbocycles. The number of nitrogens with zero attached hydrogens (tertiary/aromatic N) is 3. The molecule has 1 rings (SSSR count). The number of hydrogen-bond donors (Lipinski definition) is 2. The zero-order valence-electron chi connectivity index (χ0n) is 6.86. The second-order valence-corrected chi connectivity index (χ2v) is 2.55. The molecule has 0 saturated carbocycles. The van der Waals surface area contributed by atoms with E-state index < -0.39 is 23.2 Å². The first-order chi connectivity index (χ1) is 6.04. The van der Waals surface area contributed by atoms with Crippen molar-refractivity contribution in [2.75, 3.05) is 0 Å². The van der Waals surface area contributed by atoms with Gasteiger partial charge < -0.3 is 20.3 Å². The van der Waals surface area contributed by atoms with Gasteiger partial charge in [-0.2, -0.15) is 0 Å². The predicted octanol–water partition coefficient (Wildman–Crippen LogP) is -0.337. The molecule has 0 saturated heterocycles. The number of rotatable bonds is 3. The van der Waals surface area contributed by atoms with Crippen molar-refractivity contribution in [3.8, 4) is 0 Å². The fraction of sp³-hybridized carbons (Fsp3) is 0.500. The Morgan fingerprint density at radius 2 is 2.31 bits per heavy atom. The van der Waals surface area contributed by atoms with Crippen LogP contribution in [0, 0.1) is 10.1 Å². The van der Waals surface area contributed by atoms with E-state index in [-0.39, 0.29) is 0 Å². The Bertz CT molecular complexity index is 309. The third-order valence-electron chi connectivity index (χ3n) is 1.68. The fourth-order valence-corrected chi connectivity index (χ4v) is 0.908. The lowest BCUT2D eigenvalue weighted by Crippen LogP contribution is -2.21. The van der Waals surface area contributed by atoms with Crippen molar-refractivity contribution >= 4 is 5.95 Å². The summed E-state index contributed by atoms with van der Waals surface area (Å²) in [4.78, 5) is 13.1. The first-order valence-electron chi connectivity index (χ1n) is 3.57. The smallest absolute Gasteiger partial charge is 0.390 e. The summed E-state index contributed by atoms with van der Waals surface area (Å²) >= 11 is 0. The average Bonchev–Trinajstić information content (AvgIpc) is 2.50. The first-order valence-corrected chi connectivity index (χ1v) is 3.57. The van der Waals surface area contributed by atoms with E-state index in [1.54, 1.807) is 0 Å². The minimum atomic E-state index is -1.65. The molecule has 0 spiro atoms. The molecule has 0 bridgehead atoms. The Morgan fingerprint density at radius 1 is 1.69 bits per heavy atom. The highest BCUT2D eigenvalue weighted by molar-refractivity contribution is 5.08. The SMILES string of the molecule is CC(C(O)O)n1ccnc1[N+](=O)[O-]. The van der Waals surface area contributed by atoms with Crippen molar-refractivity contribution in [3.63, 3.8) is 0 Å². The summed E-state index contributed by atoms with van der Waals surface area (Å²) in [7, 11) is 0. The van der Waals surface area contributed by atoms with Gasteiger partial charge in [-0.25, -0.2) is 4.57 Å². The van der Waals surface area contributed by atoms with Crippen molar-refractivity contribution in [1.29, 1.82) is 0 Å². The van der Waals surface area contributed by atoms with E-state index in [9.17, 15) is 10.1 Å². The molecule has 13 heavy (non-hydrogen) atoms. The lowest BCUT2D eigenvalue weighted by atomic mass is 10.3. The summed E-state index contributed by atoms with van der Waals surface area (Å²) in [6.45, 7) is 1.44. The van der Waals surface area contributed by atoms with Crippen LogP contribution in [0.15, 0.2) is 12.4 Å². The summed E-state index contributed by atoms with van der Waals surface area (Å²) in [5.74, 6) is -0.402. The minimum Gasteiger partial charge on any atom is -0.390 e. The van der Waals surface area contributed by atoms with Gasteiger partial charge in [0.25, 0.3) is 0 Å². The van der Waals surface area contributed by atoms with Crippen LogP contribution in [0.3, 0.4) is 0 Å². The summed E-state index contributed by atoms with van der Waals surface area (Å²) in [6, 6.07) is -0.789. The van der Waals surface area contributed by atoms with E-state index in [4.69, 9.17) is 10.2 Å². The van der Waals surface area contributed by atoms with Gasteiger partial charge in [0.05, 0.1) is 0 Å². The zero-order valence-corrected chi connectivity index (χ0v) is 6.86. The van der Waals surface area contributed by atoms with Crippen LogP contribution in [-0.2, 0) is 0 Å². The number of hydrogen-bond acceptors (Lipinski definition) is 5. The first kappa shape index (κ1) is 9.62. The van der Waals surface area contributed by atoms with E-state index in [0.29, 0.717) is 0 Å². The molecule has 0 aliphatic carbocycles. The Labute approximate surface area is 73.4 Å². The van der Waals surface area contributed by atoms with E-state index in [0.717, 1.165) is 4.57 Å². The van der Waals surface area contributed by atoms with Crippen LogP contribution in [0.25, 0.3) is 0 Å². The standard InChI is InChI=1S/C6H9N3O4/c1-4(5(10)11)8-3-2-7-6(8)9(12)13/h2-5,10-11H,1H3. The summed E-state index contributed by atoms with van der Waals surface area (Å²) in [5.41, 5.74) is 0. The van der Waals surface area contributed by atoms with Gasteiger partial charge in [0.15, 0.2) is 6.29 Å². The maximum Gasteiger partial charge on any atom is 0.434 e. The zero-order chi connectivity index (χ0) is 10.0. The average molecular weight is 187 g/mol. The third kappa shape index (κ3) is 1.82. The summed E-state index contributed by atoms with van der Waals surface area (Å²) in [5, 5.41) is 27.9. The molecular formula is C6H9N3O4. The molecule has 1 aromatic heterocycles. The highest BCUT2D eigenvalue weighted by Gasteiger charge is 2.23. The van der Waals surface area contributed by atoms with Gasteiger partial charge in [-0.3, -0.25) is 0 Å². The minimum absolute atomic E-state index is 0.402. The van der Waals surface area contributed by atoms with Crippen LogP contribution in [0.5, 0.6) is 0 Å². The molecular weight excluding hydrogens is 178 g/mol. The highest BCUT2D eigenvalue weighted by atomic mass is 16.6. The quantitative estimate of drug-likeness (QED) is 0.383. The Morgan fingerprint density at radius 3 is 2.77 bits per heavy atom. The molecule has 0 amide bonds. The van der Waals surface area contributed by atoms with Gasteiger partial charge in [-0.1, -0.05) is 4.98 Å². The third-order valence-corrected chi connectivity index (χ3v) is 1.68. The van der Waals surface area contributed by atoms with Crippen LogP contribution in [0.1, 0.15) is 13.0 Å². The number of aliphatic hydroxyl groups excluding tert-OH is 1. The highest BCUT2D eigenvalue weighted by Crippen LogP contribution is 2.16. The maximum atomic E-state index is 10.4. The molecule has 1 unspecified atom stereocenters. The normalized spacial score (nSPS) is 13.2. The lowest BCUT2D eigenvalue weighted by Gasteiger charge is -2.11. The van der Waals surface area contributed by atoms with Gasteiger partial charge in [0.1, 0.15) is 18.4 Å². The molecule has 7 nitrogen and oxygen atoms in total. The largest absolute Gasteiger partial charge is 0.434 e. The number of nitro groups is 1. The topological polar surface area (TPSA) is 101 Å². The molecule has 0 aliphatic rings. The lowest BCUT2D eigenvalue weighted by molar-refractivity contribution is -0.397. The monoisotopic (exact) mass is 187 g/mol. The van der Waals surface area contributed by atoms with Crippen molar-refractivity contribution < 1.29 is 15.1 Å². The van der Waals surface area contributed by atoms with Gasteiger partial charge in [0.2, 0.25) is 0 Å². The molecule has 2 N–H and O–H groups in total. The van der Waals surface area contributed by atoms with Crippen molar-refractivity contribution in [1.82, 2.24) is 9.55 Å². The van der Waals surface area contributed by atoms with E-state index in [1.165, 1.54) is 19.3 Å². The second-order valence-electron chi connectivity index (χ2n) is 2.55. The molecule has 7 heteroatoms. The summed E-state index contributed by atoms with van der Waals surface area (Å²) in [6.07, 6.45) is 0.909. The number of imidazole rings is 1. The number of aliphatic hydroxyl groups is 2. The maximum absolute atomic E-state index is 10.4. The Balaban J connectivity index is 3.00. The second kappa shape index (κ2) is 3.50. The van der Waals surface area contributed by atoms with Crippen LogP contribution in [-0.4, -0.2) is 31.0 Å².